The number of rotatable bonds is 1. The van der Waals surface area contributed by atoms with Gasteiger partial charge < -0.3 is 0 Å². The van der Waals surface area contributed by atoms with E-state index in [-0.39, 0.29) is 5.41 Å². The molecule has 0 fully saturated rings. The van der Waals surface area contributed by atoms with Gasteiger partial charge in [0, 0.05) is 5.41 Å². The van der Waals surface area contributed by atoms with Gasteiger partial charge in [0.15, 0.2) is 0 Å². The Morgan fingerprint density at radius 1 is 0.739 bits per heavy atom. The van der Waals surface area contributed by atoms with E-state index in [1.807, 2.05) is 0 Å². The third kappa shape index (κ3) is 1.84. The molecule has 2 aliphatic carbocycles. The monoisotopic (exact) mass is 300 g/mol. The van der Waals surface area contributed by atoms with Crippen molar-refractivity contribution in [2.75, 3.05) is 0 Å². The lowest BCUT2D eigenvalue weighted by atomic mass is 9.76. The quantitative estimate of drug-likeness (QED) is 0.487. The summed E-state index contributed by atoms with van der Waals surface area (Å²) in [7, 11) is 0. The summed E-state index contributed by atoms with van der Waals surface area (Å²) >= 11 is 0. The number of hydrogen-bond acceptors (Lipinski definition) is 0. The highest BCUT2D eigenvalue weighted by Gasteiger charge is 2.37. The largest absolute Gasteiger partial charge is 0.0619 e. The van der Waals surface area contributed by atoms with Crippen LogP contribution in [0.5, 0.6) is 0 Å². The van der Waals surface area contributed by atoms with Gasteiger partial charge in [-0.3, -0.25) is 0 Å². The molecule has 0 heteroatoms. The van der Waals surface area contributed by atoms with Crippen molar-refractivity contribution in [1.29, 1.82) is 0 Å². The highest BCUT2D eigenvalue weighted by atomic mass is 14.4. The Kier molecular flexibility index (Phi) is 2.97. The summed E-state index contributed by atoms with van der Waals surface area (Å²) in [5.74, 6) is 0. The third-order valence-corrected chi connectivity index (χ3v) is 6.18. The highest BCUT2D eigenvalue weighted by molar-refractivity contribution is 5.89. The van der Waals surface area contributed by atoms with E-state index in [4.69, 9.17) is 0 Å². The van der Waals surface area contributed by atoms with Crippen LogP contribution in [0.2, 0.25) is 0 Å². The van der Waals surface area contributed by atoms with Gasteiger partial charge >= 0.3 is 0 Å². The molecule has 0 radical (unpaired) electrons. The van der Waals surface area contributed by atoms with Gasteiger partial charge in [-0.15, -0.1) is 0 Å². The number of hydrogen-bond donors (Lipinski definition) is 0. The van der Waals surface area contributed by atoms with Gasteiger partial charge in [0.05, 0.1) is 0 Å². The molecule has 0 amide bonds. The second-order valence-electron chi connectivity index (χ2n) is 7.54. The summed E-state index contributed by atoms with van der Waals surface area (Å²) in [6.07, 6.45) is 1.06. The molecule has 2 aliphatic rings. The van der Waals surface area contributed by atoms with Gasteiger partial charge in [0.2, 0.25) is 0 Å². The standard InChI is InChI=1S/C23H24/c1-14-15(2)22(23(4,5)16(14)3)20-12-8-11-19-18-10-7-6-9-17(18)13-21(19)20/h6-12H,13H2,1-5H3. The smallest absolute Gasteiger partial charge is 0.0117 e. The van der Waals surface area contributed by atoms with Crippen LogP contribution in [0.1, 0.15) is 51.3 Å². The van der Waals surface area contributed by atoms with Crippen molar-refractivity contribution >= 4 is 5.57 Å². The molecule has 4 rings (SSSR count). The number of allylic oxidation sites excluding steroid dienone is 4. The van der Waals surface area contributed by atoms with Crippen LogP contribution in [0.15, 0.2) is 59.2 Å². The Balaban J connectivity index is 1.95. The van der Waals surface area contributed by atoms with Crippen LogP contribution in [-0.2, 0) is 6.42 Å². The van der Waals surface area contributed by atoms with E-state index in [9.17, 15) is 0 Å². The predicted octanol–water partition coefficient (Wildman–Crippen LogP) is 6.41. The molecule has 0 saturated carbocycles. The Morgan fingerprint density at radius 2 is 1.39 bits per heavy atom. The average molecular weight is 300 g/mol. The summed E-state index contributed by atoms with van der Waals surface area (Å²) in [5, 5.41) is 0. The van der Waals surface area contributed by atoms with E-state index in [1.54, 1.807) is 0 Å². The zero-order chi connectivity index (χ0) is 16.4. The molecule has 0 nitrogen and oxygen atoms in total. The minimum Gasteiger partial charge on any atom is -0.0619 e. The Bertz CT molecular complexity index is 888. The molecule has 0 atom stereocenters. The second kappa shape index (κ2) is 4.71. The average Bonchev–Trinajstić information content (AvgIpc) is 2.98. The van der Waals surface area contributed by atoms with E-state index in [0.717, 1.165) is 6.42 Å². The maximum absolute atomic E-state index is 2.37. The maximum Gasteiger partial charge on any atom is 0.0117 e. The van der Waals surface area contributed by atoms with Crippen LogP contribution in [0, 0.1) is 5.41 Å². The SMILES string of the molecule is CC1=C(C)C(C)(C)C(c2cccc3c2Cc2ccccc2-3)=C1C. The van der Waals surface area contributed by atoms with Crippen LogP contribution in [-0.4, -0.2) is 0 Å². The van der Waals surface area contributed by atoms with Crippen molar-refractivity contribution in [2.24, 2.45) is 5.41 Å². The lowest BCUT2D eigenvalue weighted by Crippen LogP contribution is -2.14. The van der Waals surface area contributed by atoms with Crippen LogP contribution in [0.25, 0.3) is 16.7 Å². The second-order valence-corrected chi connectivity index (χ2v) is 7.54. The zero-order valence-electron chi connectivity index (χ0n) is 14.7. The maximum atomic E-state index is 2.37. The third-order valence-electron chi connectivity index (χ3n) is 6.18. The van der Waals surface area contributed by atoms with Crippen molar-refractivity contribution in [3.8, 4) is 11.1 Å². The minimum absolute atomic E-state index is 0.123. The van der Waals surface area contributed by atoms with Gasteiger partial charge in [0.25, 0.3) is 0 Å². The lowest BCUT2D eigenvalue weighted by molar-refractivity contribution is 0.608. The van der Waals surface area contributed by atoms with E-state index in [0.29, 0.717) is 0 Å². The van der Waals surface area contributed by atoms with Crippen LogP contribution in [0.3, 0.4) is 0 Å². The molecule has 0 spiro atoms. The first kappa shape index (κ1) is 14.5. The van der Waals surface area contributed by atoms with Crippen LogP contribution < -0.4 is 0 Å². The van der Waals surface area contributed by atoms with Crippen LogP contribution in [0.4, 0.5) is 0 Å². The van der Waals surface area contributed by atoms with E-state index in [2.05, 4.69) is 77.1 Å². The Hall–Kier alpha value is -2.08. The summed E-state index contributed by atoms with van der Waals surface area (Å²) in [6, 6.07) is 15.7. The molecule has 0 heterocycles. The number of fused-ring (bicyclic) bond motifs is 3. The zero-order valence-corrected chi connectivity index (χ0v) is 14.7. The topological polar surface area (TPSA) is 0 Å². The van der Waals surface area contributed by atoms with Gasteiger partial charge in [0.1, 0.15) is 0 Å². The van der Waals surface area contributed by atoms with E-state index < -0.39 is 0 Å². The minimum atomic E-state index is 0.123. The van der Waals surface area contributed by atoms with Gasteiger partial charge in [-0.25, -0.2) is 0 Å². The van der Waals surface area contributed by atoms with Crippen molar-refractivity contribution in [3.63, 3.8) is 0 Å². The fourth-order valence-corrected chi connectivity index (χ4v) is 4.52. The first-order valence-corrected chi connectivity index (χ1v) is 8.53. The summed E-state index contributed by atoms with van der Waals surface area (Å²) in [4.78, 5) is 0. The van der Waals surface area contributed by atoms with E-state index >= 15 is 0 Å². The molecule has 0 unspecified atom stereocenters. The summed E-state index contributed by atoms with van der Waals surface area (Å²) in [5.41, 5.74) is 13.4. The molecule has 0 bridgehead atoms. The Labute approximate surface area is 139 Å². The fraction of sp³-hybridized carbons (Fsp3) is 0.304. The molecular formula is C23H24. The normalized spacial score (nSPS) is 18.5. The predicted molar refractivity (Wildman–Crippen MR) is 99.4 cm³/mol. The first-order chi connectivity index (χ1) is 10.9. The lowest BCUT2D eigenvalue weighted by Gasteiger charge is -2.27. The molecule has 23 heavy (non-hydrogen) atoms. The molecule has 116 valence electrons. The van der Waals surface area contributed by atoms with Crippen molar-refractivity contribution in [1.82, 2.24) is 0 Å². The molecule has 0 N–H and O–H groups in total. The molecule has 0 aromatic heterocycles. The number of benzene rings is 2. The summed E-state index contributed by atoms with van der Waals surface area (Å²) in [6.45, 7) is 11.6. The first-order valence-electron chi connectivity index (χ1n) is 8.53. The molecule has 0 aliphatic heterocycles. The van der Waals surface area contributed by atoms with Gasteiger partial charge in [-0.1, -0.05) is 61.9 Å². The summed E-state index contributed by atoms with van der Waals surface area (Å²) < 4.78 is 0. The highest BCUT2D eigenvalue weighted by Crippen LogP contribution is 2.53. The van der Waals surface area contributed by atoms with Crippen molar-refractivity contribution < 1.29 is 0 Å². The molecule has 2 aromatic rings. The fourth-order valence-electron chi connectivity index (χ4n) is 4.52. The molecule has 2 aromatic carbocycles. The van der Waals surface area contributed by atoms with Crippen molar-refractivity contribution in [3.05, 3.63) is 75.9 Å². The molecular weight excluding hydrogens is 276 g/mol. The van der Waals surface area contributed by atoms with Gasteiger partial charge in [-0.2, -0.15) is 0 Å². The van der Waals surface area contributed by atoms with E-state index in [1.165, 1.54) is 50.1 Å². The van der Waals surface area contributed by atoms with Crippen LogP contribution >= 0.6 is 0 Å². The van der Waals surface area contributed by atoms with Gasteiger partial charge in [-0.05, 0) is 71.7 Å². The Morgan fingerprint density at radius 3 is 2.09 bits per heavy atom. The molecule has 0 saturated heterocycles. The van der Waals surface area contributed by atoms with Crippen molar-refractivity contribution in [2.45, 2.75) is 41.0 Å².